The third-order valence-electron chi connectivity index (χ3n) is 5.68. The van der Waals surface area contributed by atoms with Gasteiger partial charge in [-0.1, -0.05) is 44.2 Å². The molecule has 11 heteroatoms. The molecule has 0 fully saturated rings. The highest BCUT2D eigenvalue weighted by atomic mass is 16.4. The van der Waals surface area contributed by atoms with E-state index in [1.165, 1.54) is 27.7 Å². The molecule has 5 atom stereocenters. The molecule has 11 nitrogen and oxygen atoms in total. The molecular formula is C24H36N4O7. The Morgan fingerprint density at radius 3 is 1.94 bits per heavy atom. The summed E-state index contributed by atoms with van der Waals surface area (Å²) in [4.78, 5) is 66.7. The summed E-state index contributed by atoms with van der Waals surface area (Å²) in [5.74, 6) is -8.96. The van der Waals surface area contributed by atoms with Crippen LogP contribution in [0.3, 0.4) is 0 Å². The number of nitrogens with two attached hydrogens (primary N) is 3. The molecule has 0 bridgehead atoms. The van der Waals surface area contributed by atoms with Crippen molar-refractivity contribution in [2.24, 2.45) is 29.0 Å². The highest BCUT2D eigenvalue weighted by molar-refractivity contribution is 6.20. The highest BCUT2D eigenvalue weighted by Crippen LogP contribution is 2.36. The summed E-state index contributed by atoms with van der Waals surface area (Å²) in [5.41, 5.74) is 15.0. The molecule has 35 heavy (non-hydrogen) atoms. The summed E-state index contributed by atoms with van der Waals surface area (Å²) in [6.07, 6.45) is -1.82. The number of carboxylic acid groups (broad SMARTS) is 1. The maximum atomic E-state index is 14.0. The number of carboxylic acids is 1. The number of carbonyl (C=O) groups is 5. The fourth-order valence-electron chi connectivity index (χ4n) is 4.27. The van der Waals surface area contributed by atoms with Crippen LogP contribution in [0.25, 0.3) is 0 Å². The van der Waals surface area contributed by atoms with Gasteiger partial charge in [-0.3, -0.25) is 24.1 Å². The van der Waals surface area contributed by atoms with Gasteiger partial charge in [0.15, 0.2) is 5.78 Å². The number of benzene rings is 1. The van der Waals surface area contributed by atoms with E-state index < -0.39 is 77.9 Å². The number of carbonyl (C=O) groups excluding carboxylic acids is 4. The van der Waals surface area contributed by atoms with E-state index >= 15 is 0 Å². The van der Waals surface area contributed by atoms with E-state index in [1.807, 2.05) is 0 Å². The molecule has 0 spiro atoms. The molecule has 2 amide bonds. The zero-order valence-electron chi connectivity index (χ0n) is 20.5. The lowest BCUT2D eigenvalue weighted by Crippen LogP contribution is -2.74. The molecule has 0 radical (unpaired) electrons. The lowest BCUT2D eigenvalue weighted by molar-refractivity contribution is -0.178. The Kier molecular flexibility index (Phi) is 10.8. The third-order valence-corrected chi connectivity index (χ3v) is 5.68. The minimum atomic E-state index is -3.03. The fraction of sp³-hybridized carbons (Fsp3) is 0.542. The van der Waals surface area contributed by atoms with Gasteiger partial charge in [-0.15, -0.1) is 0 Å². The van der Waals surface area contributed by atoms with Gasteiger partial charge in [0, 0.05) is 6.42 Å². The minimum absolute atomic E-state index is 0.124. The van der Waals surface area contributed by atoms with Crippen LogP contribution in [-0.4, -0.2) is 74.7 Å². The molecule has 0 aliphatic heterocycles. The summed E-state index contributed by atoms with van der Waals surface area (Å²) in [6.45, 7) is 4.64. The van der Waals surface area contributed by atoms with Gasteiger partial charge in [-0.25, -0.2) is 4.79 Å². The van der Waals surface area contributed by atoms with Crippen LogP contribution >= 0.6 is 0 Å². The molecule has 0 aliphatic rings. The molecule has 8 N–H and O–H groups in total. The summed E-state index contributed by atoms with van der Waals surface area (Å²) < 4.78 is 0. The zero-order chi connectivity index (χ0) is 27.1. The molecule has 1 aromatic rings. The number of nitrogens with zero attached hydrogens (tertiary/aromatic N) is 1. The second-order valence-electron chi connectivity index (χ2n) is 9.03. The van der Waals surface area contributed by atoms with Crippen molar-refractivity contribution in [3.8, 4) is 0 Å². The number of aliphatic hydroxyl groups is 1. The van der Waals surface area contributed by atoms with Crippen molar-refractivity contribution in [3.05, 3.63) is 35.9 Å². The van der Waals surface area contributed by atoms with Crippen molar-refractivity contribution in [2.75, 3.05) is 6.54 Å². The Labute approximate surface area is 204 Å². The lowest BCUT2D eigenvalue weighted by atomic mass is 9.67. The molecular weight excluding hydrogens is 456 g/mol. The van der Waals surface area contributed by atoms with E-state index in [1.54, 1.807) is 30.3 Å². The topological polar surface area (TPSA) is 207 Å². The largest absolute Gasteiger partial charge is 0.479 e. The molecule has 194 valence electrons. The summed E-state index contributed by atoms with van der Waals surface area (Å²) in [7, 11) is 0. The minimum Gasteiger partial charge on any atom is -0.479 e. The first kappa shape index (κ1) is 30.0. The molecule has 0 aliphatic carbocycles. The predicted octanol–water partition coefficient (Wildman–Crippen LogP) is -0.778. The Morgan fingerprint density at radius 1 is 1.00 bits per heavy atom. The standard InChI is InChI=1S/C24H36N4O7/c1-13(2)20(18(30)10-14(3)29)24(23(34)35,28(19(31)12-25)22(33)15(4)26)21(32)17(27)11-16-8-6-5-7-9-16/h5-9,13-15,17,20,29H,10-12,25-27H2,1-4H3,(H,34,35). The van der Waals surface area contributed by atoms with Crippen LogP contribution in [0.2, 0.25) is 0 Å². The molecule has 0 saturated carbocycles. The van der Waals surface area contributed by atoms with Gasteiger partial charge in [0.25, 0.3) is 0 Å². The SMILES string of the molecule is CC(O)CC(=O)C(C(C)C)C(C(=O)O)(C(=O)C(N)Cc1ccccc1)N(C(=O)CN)C(=O)C(C)N. The Bertz CT molecular complexity index is 933. The average molecular weight is 493 g/mol. The van der Waals surface area contributed by atoms with E-state index in [2.05, 4.69) is 0 Å². The van der Waals surface area contributed by atoms with Crippen LogP contribution < -0.4 is 17.2 Å². The number of rotatable bonds is 13. The molecule has 0 aromatic heterocycles. The van der Waals surface area contributed by atoms with Crippen LogP contribution in [0, 0.1) is 11.8 Å². The third kappa shape index (κ3) is 6.57. The van der Waals surface area contributed by atoms with E-state index in [4.69, 9.17) is 17.2 Å². The summed E-state index contributed by atoms with van der Waals surface area (Å²) >= 11 is 0. The summed E-state index contributed by atoms with van der Waals surface area (Å²) in [6, 6.07) is 5.57. The normalized spacial score (nSPS) is 16.5. The number of hydrogen-bond acceptors (Lipinski definition) is 9. The van der Waals surface area contributed by atoms with Gasteiger partial charge in [-0.2, -0.15) is 0 Å². The van der Waals surface area contributed by atoms with Crippen molar-refractivity contribution >= 4 is 29.4 Å². The van der Waals surface area contributed by atoms with Gasteiger partial charge in [0.1, 0.15) is 5.78 Å². The monoisotopic (exact) mass is 492 g/mol. The molecule has 5 unspecified atom stereocenters. The van der Waals surface area contributed by atoms with E-state index in [0.29, 0.717) is 5.56 Å². The Hall–Kier alpha value is -2.99. The van der Waals surface area contributed by atoms with Crippen LogP contribution in [-0.2, 0) is 30.4 Å². The van der Waals surface area contributed by atoms with Gasteiger partial charge < -0.3 is 27.4 Å². The second-order valence-corrected chi connectivity index (χ2v) is 9.03. The van der Waals surface area contributed by atoms with Gasteiger partial charge in [0.2, 0.25) is 17.4 Å². The van der Waals surface area contributed by atoms with Crippen LogP contribution in [0.5, 0.6) is 0 Å². The van der Waals surface area contributed by atoms with E-state index in [9.17, 15) is 34.2 Å². The maximum Gasteiger partial charge on any atom is 0.338 e. The Morgan fingerprint density at radius 2 is 1.54 bits per heavy atom. The molecule has 0 heterocycles. The molecule has 0 saturated heterocycles. The average Bonchev–Trinajstić information content (AvgIpc) is 2.77. The molecule has 1 rings (SSSR count). The van der Waals surface area contributed by atoms with E-state index in [0.717, 1.165) is 0 Å². The maximum absolute atomic E-state index is 14.0. The number of aliphatic carboxylic acids is 1. The Balaban J connectivity index is 3.97. The van der Waals surface area contributed by atoms with E-state index in [-0.39, 0.29) is 11.3 Å². The molecule has 1 aromatic carbocycles. The van der Waals surface area contributed by atoms with Crippen LogP contribution in [0.1, 0.15) is 39.7 Å². The first-order valence-corrected chi connectivity index (χ1v) is 11.3. The number of amides is 2. The smallest absolute Gasteiger partial charge is 0.338 e. The van der Waals surface area contributed by atoms with Crippen molar-refractivity contribution in [2.45, 2.75) is 64.3 Å². The lowest BCUT2D eigenvalue weighted by Gasteiger charge is -2.45. The number of hydrogen-bond donors (Lipinski definition) is 5. The van der Waals surface area contributed by atoms with Crippen molar-refractivity contribution < 1.29 is 34.2 Å². The predicted molar refractivity (Wildman–Crippen MR) is 128 cm³/mol. The number of Topliss-reactive ketones (excluding diaryl/α,β-unsaturated/α-hetero) is 2. The number of ketones is 2. The van der Waals surface area contributed by atoms with Crippen molar-refractivity contribution in [1.82, 2.24) is 4.90 Å². The first-order valence-electron chi connectivity index (χ1n) is 11.3. The van der Waals surface area contributed by atoms with Gasteiger partial charge in [0.05, 0.1) is 30.7 Å². The van der Waals surface area contributed by atoms with Crippen LogP contribution in [0.4, 0.5) is 0 Å². The second kappa shape index (κ2) is 12.6. The highest BCUT2D eigenvalue weighted by Gasteiger charge is 2.64. The fourth-order valence-corrected chi connectivity index (χ4v) is 4.27. The quantitative estimate of drug-likeness (QED) is 0.217. The zero-order valence-corrected chi connectivity index (χ0v) is 20.5. The van der Waals surface area contributed by atoms with Crippen molar-refractivity contribution in [1.29, 1.82) is 0 Å². The number of aliphatic hydroxyl groups excluding tert-OH is 1. The first-order chi connectivity index (χ1) is 16.2. The number of imide groups is 1. The summed E-state index contributed by atoms with van der Waals surface area (Å²) in [5, 5.41) is 20.4. The van der Waals surface area contributed by atoms with Gasteiger partial charge >= 0.3 is 5.97 Å². The van der Waals surface area contributed by atoms with Crippen LogP contribution in [0.15, 0.2) is 30.3 Å². The van der Waals surface area contributed by atoms with Gasteiger partial charge in [-0.05, 0) is 31.7 Å². The van der Waals surface area contributed by atoms with Crippen molar-refractivity contribution in [3.63, 3.8) is 0 Å².